The molecule has 0 aliphatic carbocycles. The first-order chi connectivity index (χ1) is 19.4. The first kappa shape index (κ1) is 27.2. The molecule has 1 saturated heterocycles. The number of aryl methyl sites for hydroxylation is 1. The molecule has 0 saturated carbocycles. The number of halogens is 1. The SMILES string of the molecule is CNC(=O)[C@H]1O[C@H](c2nc(NCc3cc(Cl)ccc3OCc3cccc(C)c3)c3[nH]cnc3n2)[C@H](O)[C@@H]1N=[N+]=[N-]. The molecule has 5 rings (SSSR count). The van der Waals surface area contributed by atoms with Crippen LogP contribution in [-0.2, 0) is 22.7 Å². The van der Waals surface area contributed by atoms with E-state index in [2.05, 4.69) is 46.7 Å². The summed E-state index contributed by atoms with van der Waals surface area (Å²) < 4.78 is 11.9. The number of H-pyrrole nitrogens is 1. The molecule has 0 unspecified atom stereocenters. The van der Waals surface area contributed by atoms with Crippen LogP contribution in [0, 0.1) is 6.92 Å². The fraction of sp³-hybridized carbons (Fsp3) is 0.308. The fourth-order valence-electron chi connectivity index (χ4n) is 4.51. The third-order valence-corrected chi connectivity index (χ3v) is 6.69. The van der Waals surface area contributed by atoms with Crippen LogP contribution < -0.4 is 15.4 Å². The zero-order valence-corrected chi connectivity index (χ0v) is 22.3. The van der Waals surface area contributed by atoms with E-state index in [9.17, 15) is 9.90 Å². The maximum Gasteiger partial charge on any atom is 0.249 e. The highest BCUT2D eigenvalue weighted by Gasteiger charge is 2.48. The molecule has 4 N–H and O–H groups in total. The van der Waals surface area contributed by atoms with E-state index in [0.717, 1.165) is 16.7 Å². The Bertz CT molecular complexity index is 1590. The summed E-state index contributed by atoms with van der Waals surface area (Å²) in [7, 11) is 1.42. The summed E-state index contributed by atoms with van der Waals surface area (Å²) in [4.78, 5) is 31.3. The molecule has 206 valence electrons. The van der Waals surface area contributed by atoms with E-state index in [1.165, 1.54) is 13.4 Å². The van der Waals surface area contributed by atoms with Crippen molar-refractivity contribution in [2.45, 2.75) is 44.4 Å². The zero-order chi connectivity index (χ0) is 28.2. The quantitative estimate of drug-likeness (QED) is 0.135. The normalized spacial score (nSPS) is 20.2. The third-order valence-electron chi connectivity index (χ3n) is 6.46. The lowest BCUT2D eigenvalue weighted by Gasteiger charge is -2.16. The molecular formula is C26H26ClN9O4. The van der Waals surface area contributed by atoms with Crippen molar-refractivity contribution < 1.29 is 19.4 Å². The maximum atomic E-state index is 12.3. The van der Waals surface area contributed by atoms with Crippen molar-refractivity contribution in [1.82, 2.24) is 25.3 Å². The molecule has 14 heteroatoms. The zero-order valence-electron chi connectivity index (χ0n) is 21.6. The Balaban J connectivity index is 1.40. The van der Waals surface area contributed by atoms with Crippen molar-refractivity contribution in [2.24, 2.45) is 5.11 Å². The lowest BCUT2D eigenvalue weighted by molar-refractivity contribution is -0.132. The molecule has 2 aromatic heterocycles. The molecule has 3 heterocycles. The molecule has 40 heavy (non-hydrogen) atoms. The Morgan fingerprint density at radius 3 is 2.92 bits per heavy atom. The number of benzene rings is 2. The second kappa shape index (κ2) is 11.8. The van der Waals surface area contributed by atoms with Crippen molar-refractivity contribution in [3.05, 3.63) is 86.8 Å². The van der Waals surface area contributed by atoms with Crippen LogP contribution in [-0.4, -0.2) is 56.2 Å². The second-order valence-electron chi connectivity index (χ2n) is 9.19. The number of nitrogens with one attached hydrogen (secondary N) is 3. The van der Waals surface area contributed by atoms with Gasteiger partial charge in [0.25, 0.3) is 0 Å². The number of nitrogens with zero attached hydrogens (tertiary/aromatic N) is 6. The first-order valence-corrected chi connectivity index (χ1v) is 12.8. The Morgan fingerprint density at radius 2 is 2.15 bits per heavy atom. The Hall–Kier alpha value is -4.42. The van der Waals surface area contributed by atoms with Crippen molar-refractivity contribution in [3.63, 3.8) is 0 Å². The van der Waals surface area contributed by atoms with E-state index >= 15 is 0 Å². The molecule has 0 spiro atoms. The van der Waals surface area contributed by atoms with Gasteiger partial charge in [-0.3, -0.25) is 4.79 Å². The standard InChI is InChI=1S/C26H26ClN9O4/c1-13-4-3-5-14(8-13)11-39-17-7-6-16(27)9-15(17)10-30-23-19-24(32-12-31-19)34-25(33-23)22-20(37)18(35-36-28)21(40-22)26(38)29-2/h3-9,12,18,20-22,37H,10-11H2,1-2H3,(H,29,38)(H2,30,31,32,33,34)/t18-,20+,21-,22-/m0/s1. The van der Waals surface area contributed by atoms with Crippen LogP contribution >= 0.6 is 11.6 Å². The number of fused-ring (bicyclic) bond motifs is 1. The molecule has 2 aromatic carbocycles. The summed E-state index contributed by atoms with van der Waals surface area (Å²) in [5, 5.41) is 20.7. The number of imidazole rings is 1. The van der Waals surface area contributed by atoms with Gasteiger partial charge in [-0.25, -0.2) is 15.0 Å². The van der Waals surface area contributed by atoms with Gasteiger partial charge in [0, 0.05) is 29.1 Å². The number of aromatic nitrogens is 4. The van der Waals surface area contributed by atoms with Crippen LogP contribution in [0.2, 0.25) is 5.02 Å². The Labute approximate surface area is 233 Å². The summed E-state index contributed by atoms with van der Waals surface area (Å²) in [5.41, 5.74) is 12.8. The highest BCUT2D eigenvalue weighted by Crippen LogP contribution is 2.35. The maximum absolute atomic E-state index is 12.3. The van der Waals surface area contributed by atoms with Gasteiger partial charge in [0.1, 0.15) is 36.1 Å². The Morgan fingerprint density at radius 1 is 1.30 bits per heavy atom. The highest BCUT2D eigenvalue weighted by atomic mass is 35.5. The minimum atomic E-state index is -1.36. The van der Waals surface area contributed by atoms with Crippen LogP contribution in [0.3, 0.4) is 0 Å². The monoisotopic (exact) mass is 563 g/mol. The minimum Gasteiger partial charge on any atom is -0.489 e. The minimum absolute atomic E-state index is 0.0705. The van der Waals surface area contributed by atoms with Crippen LogP contribution in [0.4, 0.5) is 5.82 Å². The van der Waals surface area contributed by atoms with Crippen LogP contribution in [0.25, 0.3) is 21.6 Å². The van der Waals surface area contributed by atoms with E-state index in [0.29, 0.717) is 34.4 Å². The predicted octanol–water partition coefficient (Wildman–Crippen LogP) is 3.73. The van der Waals surface area contributed by atoms with Gasteiger partial charge < -0.3 is 30.2 Å². The smallest absolute Gasteiger partial charge is 0.249 e. The summed E-state index contributed by atoms with van der Waals surface area (Å²) >= 11 is 6.30. The largest absolute Gasteiger partial charge is 0.489 e. The molecule has 0 bridgehead atoms. The lowest BCUT2D eigenvalue weighted by Crippen LogP contribution is -2.40. The van der Waals surface area contributed by atoms with Gasteiger partial charge >= 0.3 is 0 Å². The number of hydrogen-bond acceptors (Lipinski definition) is 9. The number of rotatable bonds is 9. The molecule has 13 nitrogen and oxygen atoms in total. The van der Waals surface area contributed by atoms with Gasteiger partial charge in [-0.2, -0.15) is 0 Å². The highest BCUT2D eigenvalue weighted by molar-refractivity contribution is 6.30. The number of carbonyl (C=O) groups excluding carboxylic acids is 1. The van der Waals surface area contributed by atoms with Gasteiger partial charge in [0.15, 0.2) is 17.3 Å². The average molecular weight is 564 g/mol. The number of aliphatic hydroxyl groups is 1. The number of amides is 1. The van der Waals surface area contributed by atoms with Gasteiger partial charge in [-0.05, 0) is 36.2 Å². The Kier molecular flexibility index (Phi) is 7.99. The van der Waals surface area contributed by atoms with Crippen molar-refractivity contribution >= 4 is 34.5 Å². The number of likely N-dealkylation sites (N-methyl/N-ethyl adjacent to an activating group) is 1. The first-order valence-electron chi connectivity index (χ1n) is 12.4. The van der Waals surface area contributed by atoms with E-state index in [1.54, 1.807) is 12.1 Å². The van der Waals surface area contributed by atoms with Gasteiger partial charge in [0.05, 0.1) is 12.4 Å². The summed E-state index contributed by atoms with van der Waals surface area (Å²) in [6.07, 6.45) is -2.25. The number of hydrogen-bond donors (Lipinski definition) is 4. The topological polar surface area (TPSA) is 183 Å². The van der Waals surface area contributed by atoms with Crippen molar-refractivity contribution in [1.29, 1.82) is 0 Å². The third kappa shape index (κ3) is 5.63. The van der Waals surface area contributed by atoms with Crippen molar-refractivity contribution in [3.8, 4) is 5.75 Å². The molecule has 1 fully saturated rings. The number of carbonyl (C=O) groups is 1. The molecule has 4 aromatic rings. The second-order valence-corrected chi connectivity index (χ2v) is 9.63. The van der Waals surface area contributed by atoms with Gasteiger partial charge in [0.2, 0.25) is 5.91 Å². The summed E-state index contributed by atoms with van der Waals surface area (Å²) in [6, 6.07) is 12.3. The molecule has 1 amide bonds. The molecule has 1 aliphatic heterocycles. The number of anilines is 1. The van der Waals surface area contributed by atoms with E-state index in [4.69, 9.17) is 26.6 Å². The van der Waals surface area contributed by atoms with E-state index in [1.807, 2.05) is 31.2 Å². The van der Waals surface area contributed by atoms with Crippen LogP contribution in [0.15, 0.2) is 53.9 Å². The molecule has 4 atom stereocenters. The fourth-order valence-corrected chi connectivity index (χ4v) is 4.71. The van der Waals surface area contributed by atoms with Crippen LogP contribution in [0.1, 0.15) is 28.6 Å². The molecule has 1 aliphatic rings. The molecular weight excluding hydrogens is 538 g/mol. The summed E-state index contributed by atoms with van der Waals surface area (Å²) in [5.74, 6) is 0.550. The summed E-state index contributed by atoms with van der Waals surface area (Å²) in [6.45, 7) is 2.69. The predicted molar refractivity (Wildman–Crippen MR) is 147 cm³/mol. The van der Waals surface area contributed by atoms with Crippen molar-refractivity contribution in [2.75, 3.05) is 12.4 Å². The number of ether oxygens (including phenoxy) is 2. The van der Waals surface area contributed by atoms with Crippen LogP contribution in [0.5, 0.6) is 5.75 Å². The van der Waals surface area contributed by atoms with E-state index < -0.39 is 30.3 Å². The van der Waals surface area contributed by atoms with Gasteiger partial charge in [-0.15, -0.1) is 0 Å². The average Bonchev–Trinajstić information content (AvgIpc) is 3.55. The number of azide groups is 1. The van der Waals surface area contributed by atoms with E-state index in [-0.39, 0.29) is 12.4 Å². The van der Waals surface area contributed by atoms with Gasteiger partial charge in [-0.1, -0.05) is 46.5 Å². The number of aliphatic hydroxyl groups excluding tert-OH is 1. The number of aromatic amines is 1. The lowest BCUT2D eigenvalue weighted by atomic mass is 10.0. The molecule has 0 radical (unpaired) electrons.